The number of ether oxygens (including phenoxy) is 1. The third kappa shape index (κ3) is 5.49. The number of hydrogen-bond acceptors (Lipinski definition) is 6. The number of carbonyl (C=O) groups is 1. The molecule has 17 heavy (non-hydrogen) atoms. The maximum Gasteiger partial charge on any atom is 0.522 e. The Hall–Kier alpha value is -1.36. The predicted octanol–water partition coefficient (Wildman–Crippen LogP) is 0.386. The molecule has 11 heteroatoms. The number of alkyl halides is 3. The largest absolute Gasteiger partial charge is 0.522 e. The van der Waals surface area contributed by atoms with Crippen molar-refractivity contribution in [2.75, 3.05) is 12.4 Å². The van der Waals surface area contributed by atoms with Crippen molar-refractivity contribution in [2.24, 2.45) is 0 Å². The van der Waals surface area contributed by atoms with Gasteiger partial charge in [0.25, 0.3) is 0 Å². The van der Waals surface area contributed by atoms with Gasteiger partial charge in [-0.05, 0) is 10.4 Å². The number of hydrogen-bond donors (Lipinski definition) is 1. The minimum Gasteiger partial charge on any atom is -0.480 e. The number of thioether (sulfide) groups is 1. The Labute approximate surface area is 96.9 Å². The summed E-state index contributed by atoms with van der Waals surface area (Å²) in [4.78, 5) is 10.4. The van der Waals surface area contributed by atoms with Gasteiger partial charge in [-0.2, -0.15) is 0 Å². The van der Waals surface area contributed by atoms with Gasteiger partial charge in [-0.1, -0.05) is 11.8 Å². The standard InChI is InChI=1S/C6H7F3N4O3S/c7-6(8,9)16-1-2-17-5-10-11-12-13(5)3-4(14)15/h1-3H2,(H,14,15). The van der Waals surface area contributed by atoms with Crippen molar-refractivity contribution in [3.63, 3.8) is 0 Å². The van der Waals surface area contributed by atoms with Gasteiger partial charge in [0, 0.05) is 5.75 Å². The average molecular weight is 272 g/mol. The zero-order valence-corrected chi connectivity index (χ0v) is 9.03. The van der Waals surface area contributed by atoms with Crippen molar-refractivity contribution in [3.05, 3.63) is 0 Å². The lowest BCUT2D eigenvalue weighted by Crippen LogP contribution is -2.16. The van der Waals surface area contributed by atoms with Gasteiger partial charge >= 0.3 is 12.3 Å². The zero-order valence-electron chi connectivity index (χ0n) is 8.22. The fraction of sp³-hybridized carbons (Fsp3) is 0.667. The van der Waals surface area contributed by atoms with Gasteiger partial charge in [-0.3, -0.25) is 9.53 Å². The number of aromatic nitrogens is 4. The monoisotopic (exact) mass is 272 g/mol. The van der Waals surface area contributed by atoms with E-state index in [0.29, 0.717) is 0 Å². The first-order chi connectivity index (χ1) is 7.88. The van der Waals surface area contributed by atoms with Crippen LogP contribution in [0.3, 0.4) is 0 Å². The van der Waals surface area contributed by atoms with E-state index in [4.69, 9.17) is 5.11 Å². The normalized spacial score (nSPS) is 11.7. The first-order valence-corrected chi connectivity index (χ1v) is 5.18. The van der Waals surface area contributed by atoms with Gasteiger partial charge in [0.2, 0.25) is 5.16 Å². The molecule has 0 saturated carbocycles. The highest BCUT2D eigenvalue weighted by Crippen LogP contribution is 2.18. The molecule has 0 aliphatic carbocycles. The molecule has 1 aromatic rings. The van der Waals surface area contributed by atoms with E-state index in [2.05, 4.69) is 20.3 Å². The lowest BCUT2D eigenvalue weighted by Gasteiger charge is -2.06. The number of rotatable bonds is 6. The topological polar surface area (TPSA) is 90.1 Å². The Morgan fingerprint density at radius 3 is 2.82 bits per heavy atom. The Morgan fingerprint density at radius 2 is 2.24 bits per heavy atom. The van der Waals surface area contributed by atoms with Crippen molar-refractivity contribution >= 4 is 17.7 Å². The summed E-state index contributed by atoms with van der Waals surface area (Å²) in [5.74, 6) is -1.19. The predicted molar refractivity (Wildman–Crippen MR) is 48.2 cm³/mol. The summed E-state index contributed by atoms with van der Waals surface area (Å²) in [5.41, 5.74) is 0. The first-order valence-electron chi connectivity index (χ1n) is 4.20. The van der Waals surface area contributed by atoms with E-state index in [0.717, 1.165) is 16.4 Å². The second-order valence-corrected chi connectivity index (χ2v) is 3.72. The molecule has 0 amide bonds. The molecular formula is C6H7F3N4O3S. The SMILES string of the molecule is O=C(O)Cn1nnnc1SCCOC(F)(F)F. The average Bonchev–Trinajstić information content (AvgIpc) is 2.58. The number of carboxylic acids is 1. The van der Waals surface area contributed by atoms with Crippen LogP contribution in [0, 0.1) is 0 Å². The molecule has 0 radical (unpaired) electrons. The lowest BCUT2D eigenvalue weighted by atomic mass is 10.7. The molecule has 0 aromatic carbocycles. The Balaban J connectivity index is 2.36. The molecule has 0 aliphatic rings. The number of tetrazole rings is 1. The Kier molecular flexibility index (Phi) is 4.69. The van der Waals surface area contributed by atoms with Crippen molar-refractivity contribution in [1.82, 2.24) is 20.2 Å². The van der Waals surface area contributed by atoms with Crippen LogP contribution in [0.1, 0.15) is 0 Å². The fourth-order valence-electron chi connectivity index (χ4n) is 0.818. The molecule has 96 valence electrons. The molecular weight excluding hydrogens is 265 g/mol. The van der Waals surface area contributed by atoms with E-state index in [9.17, 15) is 18.0 Å². The van der Waals surface area contributed by atoms with Gasteiger partial charge < -0.3 is 5.11 Å². The molecule has 0 atom stereocenters. The van der Waals surface area contributed by atoms with Gasteiger partial charge in [0.1, 0.15) is 6.54 Å². The maximum absolute atomic E-state index is 11.6. The van der Waals surface area contributed by atoms with Crippen LogP contribution in [0.5, 0.6) is 0 Å². The third-order valence-corrected chi connectivity index (χ3v) is 2.29. The summed E-state index contributed by atoms with van der Waals surface area (Å²) in [5, 5.41) is 18.7. The van der Waals surface area contributed by atoms with Crippen LogP contribution in [0.2, 0.25) is 0 Å². The van der Waals surface area contributed by atoms with Crippen LogP contribution in [0.15, 0.2) is 5.16 Å². The lowest BCUT2D eigenvalue weighted by molar-refractivity contribution is -0.322. The third-order valence-electron chi connectivity index (χ3n) is 1.36. The summed E-state index contributed by atoms with van der Waals surface area (Å²) in [7, 11) is 0. The van der Waals surface area contributed by atoms with Crippen LogP contribution in [-0.4, -0.2) is 50.0 Å². The molecule has 0 bridgehead atoms. The van der Waals surface area contributed by atoms with Crippen LogP contribution in [0.25, 0.3) is 0 Å². The Bertz CT molecular complexity index is 383. The summed E-state index contributed by atoms with van der Waals surface area (Å²) >= 11 is 0.875. The van der Waals surface area contributed by atoms with Gasteiger partial charge in [0.05, 0.1) is 6.61 Å². The highest BCUT2D eigenvalue weighted by atomic mass is 32.2. The van der Waals surface area contributed by atoms with Crippen LogP contribution < -0.4 is 0 Å². The molecule has 0 fully saturated rings. The second-order valence-electron chi connectivity index (χ2n) is 2.66. The number of aliphatic carboxylic acids is 1. The molecule has 0 aliphatic heterocycles. The van der Waals surface area contributed by atoms with Gasteiger partial charge in [-0.25, -0.2) is 4.68 Å². The van der Waals surface area contributed by atoms with E-state index in [1.54, 1.807) is 0 Å². The van der Waals surface area contributed by atoms with E-state index >= 15 is 0 Å². The zero-order chi connectivity index (χ0) is 12.9. The molecule has 7 nitrogen and oxygen atoms in total. The van der Waals surface area contributed by atoms with Crippen molar-refractivity contribution in [1.29, 1.82) is 0 Å². The summed E-state index contributed by atoms with van der Waals surface area (Å²) in [6, 6.07) is 0. The van der Waals surface area contributed by atoms with Crippen molar-refractivity contribution in [3.8, 4) is 0 Å². The molecule has 0 unspecified atom stereocenters. The maximum atomic E-state index is 11.6. The Morgan fingerprint density at radius 1 is 1.53 bits per heavy atom. The number of halogens is 3. The van der Waals surface area contributed by atoms with Gasteiger partial charge in [0.15, 0.2) is 0 Å². The molecule has 0 spiro atoms. The first kappa shape index (κ1) is 13.7. The highest BCUT2D eigenvalue weighted by molar-refractivity contribution is 7.99. The fourth-order valence-corrected chi connectivity index (χ4v) is 1.51. The van der Waals surface area contributed by atoms with Gasteiger partial charge in [-0.15, -0.1) is 18.3 Å². The molecule has 1 heterocycles. The molecule has 0 saturated heterocycles. The summed E-state index contributed by atoms with van der Waals surface area (Å²) < 4.78 is 39.4. The molecule has 1 rings (SSSR count). The minimum atomic E-state index is -4.67. The highest BCUT2D eigenvalue weighted by Gasteiger charge is 2.28. The minimum absolute atomic E-state index is 0.0422. The van der Waals surface area contributed by atoms with Crippen molar-refractivity contribution < 1.29 is 27.8 Å². The summed E-state index contributed by atoms with van der Waals surface area (Å²) in [6.45, 7) is -1.01. The smallest absolute Gasteiger partial charge is 0.480 e. The molecule has 1 N–H and O–H groups in total. The van der Waals surface area contributed by atoms with Crippen molar-refractivity contribution in [2.45, 2.75) is 18.1 Å². The van der Waals surface area contributed by atoms with E-state index in [1.807, 2.05) is 0 Å². The number of nitrogens with zero attached hydrogens (tertiary/aromatic N) is 4. The van der Waals surface area contributed by atoms with E-state index in [-0.39, 0.29) is 10.9 Å². The van der Waals surface area contributed by atoms with Crippen LogP contribution >= 0.6 is 11.8 Å². The van der Waals surface area contributed by atoms with Crippen LogP contribution in [0.4, 0.5) is 13.2 Å². The quantitative estimate of drug-likeness (QED) is 0.591. The van der Waals surface area contributed by atoms with E-state index in [1.165, 1.54) is 0 Å². The van der Waals surface area contributed by atoms with Crippen LogP contribution in [-0.2, 0) is 16.1 Å². The molecule has 1 aromatic heterocycles. The number of carboxylic acid groups (broad SMARTS) is 1. The van der Waals surface area contributed by atoms with E-state index < -0.39 is 25.5 Å². The summed E-state index contributed by atoms with van der Waals surface area (Å²) in [6.07, 6.45) is -4.67. The second kappa shape index (κ2) is 5.82.